The van der Waals surface area contributed by atoms with Crippen LogP contribution in [0.4, 0.5) is 4.39 Å². The molecular weight excluding hydrogens is 848 g/mol. The van der Waals surface area contributed by atoms with Crippen LogP contribution in [0, 0.1) is 19.7 Å². The molecule has 17 nitrogen and oxygen atoms in total. The van der Waals surface area contributed by atoms with Gasteiger partial charge in [0.05, 0.1) is 90.3 Å². The van der Waals surface area contributed by atoms with Gasteiger partial charge in [-0.3, -0.25) is 19.2 Å². The molecule has 6 aromatic rings. The Kier molecular flexibility index (Phi) is 14.3. The first kappa shape index (κ1) is 45.7. The quantitative estimate of drug-likeness (QED) is 0.0401. The second kappa shape index (κ2) is 20.0. The van der Waals surface area contributed by atoms with Crippen molar-refractivity contribution in [1.82, 2.24) is 38.8 Å². The monoisotopic (exact) mass is 898 g/mol. The molecule has 0 unspecified atom stereocenters. The highest BCUT2D eigenvalue weighted by molar-refractivity contribution is 7.13. The van der Waals surface area contributed by atoms with Gasteiger partial charge in [-0.25, -0.2) is 28.9 Å². The smallest absolute Gasteiger partial charge is 0.338 e. The summed E-state index contributed by atoms with van der Waals surface area (Å²) in [7, 11) is 2.72. The van der Waals surface area contributed by atoms with Crippen LogP contribution in [0.3, 0.4) is 0 Å². The SMILES string of the molecule is CCc1nc(C)sc1C(=O)Cc1nc2cc(C(=O)O)cc(OC)c2n1C/C=C/Cn1c(CC(=O)c2c(F)c(C)nn2CC)nc2cc(C(=O)OC)cc(OCCCN3CCOCC3)c21. The summed E-state index contributed by atoms with van der Waals surface area (Å²) in [6.45, 7) is 11.8. The maximum Gasteiger partial charge on any atom is 0.338 e. The lowest BCUT2D eigenvalue weighted by Gasteiger charge is -2.26. The van der Waals surface area contributed by atoms with Crippen molar-refractivity contribution in [2.45, 2.75) is 73.0 Å². The number of hydrogen-bond acceptors (Lipinski definition) is 14. The van der Waals surface area contributed by atoms with Crippen molar-refractivity contribution in [3.05, 3.63) is 92.0 Å². The molecule has 1 fully saturated rings. The Morgan fingerprint density at radius 2 is 1.50 bits per heavy atom. The molecule has 4 aromatic heterocycles. The average molecular weight is 899 g/mol. The van der Waals surface area contributed by atoms with E-state index >= 15 is 4.39 Å². The van der Waals surface area contributed by atoms with Gasteiger partial charge in [0.1, 0.15) is 39.9 Å². The number of esters is 1. The molecule has 0 spiro atoms. The molecule has 0 bridgehead atoms. The van der Waals surface area contributed by atoms with E-state index in [0.717, 1.165) is 24.6 Å². The summed E-state index contributed by atoms with van der Waals surface area (Å²) in [5.74, 6) is -1.84. The number of methoxy groups -OCH3 is 2. The van der Waals surface area contributed by atoms with Crippen molar-refractivity contribution in [1.29, 1.82) is 0 Å². The summed E-state index contributed by atoms with van der Waals surface area (Å²) in [5, 5.41) is 14.8. The number of thiazole rings is 1. The lowest BCUT2D eigenvalue weighted by atomic mass is 10.1. The third-order valence-electron chi connectivity index (χ3n) is 11.0. The van der Waals surface area contributed by atoms with E-state index in [9.17, 15) is 24.3 Å². The minimum absolute atomic E-state index is 0.0191. The molecule has 0 amide bonds. The number of morpholine rings is 1. The number of nitrogens with zero attached hydrogens (tertiary/aromatic N) is 8. The number of carboxylic acids is 1. The van der Waals surface area contributed by atoms with Gasteiger partial charge in [-0.05, 0) is 57.9 Å². The molecule has 0 aliphatic carbocycles. The number of Topliss-reactive ketones (excluding diaryl/α,β-unsaturated/α-hetero) is 2. The Bertz CT molecular complexity index is 2760. The number of carbonyl (C=O) groups is 4. The number of ketones is 2. The van der Waals surface area contributed by atoms with Crippen LogP contribution in [-0.2, 0) is 48.4 Å². The number of carbonyl (C=O) groups excluding carboxylic acids is 3. The molecule has 2 aromatic carbocycles. The average Bonchev–Trinajstić information content (AvgIpc) is 4.03. The number of imidazole rings is 2. The molecule has 1 saturated heterocycles. The van der Waals surface area contributed by atoms with Gasteiger partial charge >= 0.3 is 11.9 Å². The van der Waals surface area contributed by atoms with Gasteiger partial charge in [0, 0.05) is 39.3 Å². The number of hydrogen-bond donors (Lipinski definition) is 1. The molecule has 7 rings (SSSR count). The number of allylic oxidation sites excluding steroid dienone is 2. The van der Waals surface area contributed by atoms with Gasteiger partial charge in [-0.1, -0.05) is 19.1 Å². The normalized spacial score (nSPS) is 13.4. The van der Waals surface area contributed by atoms with Crippen molar-refractivity contribution >= 4 is 56.9 Å². The first-order valence-electron chi connectivity index (χ1n) is 21.1. The van der Waals surface area contributed by atoms with E-state index in [-0.39, 0.29) is 66.5 Å². The third kappa shape index (κ3) is 9.60. The van der Waals surface area contributed by atoms with Crippen molar-refractivity contribution in [2.24, 2.45) is 0 Å². The van der Waals surface area contributed by atoms with E-state index in [1.54, 1.807) is 23.6 Å². The van der Waals surface area contributed by atoms with Crippen LogP contribution in [0.1, 0.15) is 89.2 Å². The largest absolute Gasteiger partial charge is 0.494 e. The Morgan fingerprint density at radius 3 is 2.11 bits per heavy atom. The van der Waals surface area contributed by atoms with Crippen LogP contribution in [0.2, 0.25) is 0 Å². The molecule has 1 aliphatic rings. The summed E-state index contributed by atoms with van der Waals surface area (Å²) in [4.78, 5) is 69.7. The summed E-state index contributed by atoms with van der Waals surface area (Å²) in [6, 6.07) is 6.03. The highest BCUT2D eigenvalue weighted by Crippen LogP contribution is 2.33. The second-order valence-electron chi connectivity index (χ2n) is 15.2. The van der Waals surface area contributed by atoms with Gasteiger partial charge in [0.2, 0.25) is 0 Å². The number of ether oxygens (including phenoxy) is 4. The topological polar surface area (TPSA) is 195 Å². The second-order valence-corrected chi connectivity index (χ2v) is 16.4. The van der Waals surface area contributed by atoms with E-state index in [1.807, 2.05) is 30.6 Å². The molecule has 1 aliphatic heterocycles. The summed E-state index contributed by atoms with van der Waals surface area (Å²) in [6.07, 6.45) is 4.59. The maximum atomic E-state index is 15.4. The predicted octanol–water partition coefficient (Wildman–Crippen LogP) is 6.08. The first-order chi connectivity index (χ1) is 30.8. The fourth-order valence-corrected chi connectivity index (χ4v) is 8.88. The third-order valence-corrected chi connectivity index (χ3v) is 12.1. The summed E-state index contributed by atoms with van der Waals surface area (Å²) in [5.41, 5.74) is 2.57. The van der Waals surface area contributed by atoms with Crippen LogP contribution in [0.25, 0.3) is 22.1 Å². The van der Waals surface area contributed by atoms with E-state index in [1.165, 1.54) is 49.3 Å². The molecule has 338 valence electrons. The predicted molar refractivity (Wildman–Crippen MR) is 236 cm³/mol. The maximum absolute atomic E-state index is 15.4. The summed E-state index contributed by atoms with van der Waals surface area (Å²) >= 11 is 1.32. The Hall–Kier alpha value is -6.31. The van der Waals surface area contributed by atoms with Crippen LogP contribution in [-0.4, -0.2) is 121 Å². The Labute approximate surface area is 372 Å². The van der Waals surface area contributed by atoms with Crippen LogP contribution in [0.15, 0.2) is 36.4 Å². The zero-order chi connectivity index (χ0) is 45.7. The fourth-order valence-electron chi connectivity index (χ4n) is 7.93. The van der Waals surface area contributed by atoms with Crippen molar-refractivity contribution in [2.75, 3.05) is 53.7 Å². The van der Waals surface area contributed by atoms with Crippen LogP contribution in [0.5, 0.6) is 11.5 Å². The van der Waals surface area contributed by atoms with E-state index < -0.39 is 23.5 Å². The van der Waals surface area contributed by atoms with E-state index in [2.05, 4.69) is 15.0 Å². The van der Waals surface area contributed by atoms with E-state index in [0.29, 0.717) is 82.7 Å². The van der Waals surface area contributed by atoms with Crippen molar-refractivity contribution in [3.63, 3.8) is 0 Å². The van der Waals surface area contributed by atoms with Gasteiger partial charge < -0.3 is 33.2 Å². The molecular formula is C45H51FN8O9S. The lowest BCUT2D eigenvalue weighted by molar-refractivity contribution is 0.0358. The Morgan fingerprint density at radius 1 is 0.875 bits per heavy atom. The van der Waals surface area contributed by atoms with Crippen LogP contribution < -0.4 is 9.47 Å². The van der Waals surface area contributed by atoms with Crippen molar-refractivity contribution in [3.8, 4) is 11.5 Å². The summed E-state index contributed by atoms with van der Waals surface area (Å²) < 4.78 is 43.0. The zero-order valence-corrected chi connectivity index (χ0v) is 37.6. The van der Waals surface area contributed by atoms with Gasteiger partial charge in [-0.15, -0.1) is 11.3 Å². The highest BCUT2D eigenvalue weighted by atomic mass is 32.1. The standard InChI is InChI=1S/C45H51FN8O9S/c1-7-30-43(64-27(4)47-30)34(56)25-38-48-31-20-28(44(57)58)22-35(60-5)40(31)52(38)13-9-10-14-53-37(24-33(55)42-39(46)26(3)50-54(42)8-2)49-32-21-29(45(59)61-6)23-36(41(32)53)63-17-11-12-51-15-18-62-19-16-51/h9-10,20-23H,7-8,11-19,24-25H2,1-6H3,(H,57,58)/b10-9+. The minimum atomic E-state index is -1.15. The van der Waals surface area contributed by atoms with Gasteiger partial charge in [-0.2, -0.15) is 5.10 Å². The number of aromatic carboxylic acids is 1. The molecule has 0 radical (unpaired) electrons. The number of rotatable bonds is 20. The molecule has 0 saturated carbocycles. The minimum Gasteiger partial charge on any atom is -0.494 e. The van der Waals surface area contributed by atoms with Crippen LogP contribution >= 0.6 is 11.3 Å². The number of benzene rings is 2. The highest BCUT2D eigenvalue weighted by Gasteiger charge is 2.27. The van der Waals surface area contributed by atoms with Gasteiger partial charge in [0.15, 0.2) is 17.4 Å². The van der Waals surface area contributed by atoms with Crippen molar-refractivity contribution < 1.29 is 47.6 Å². The Balaban J connectivity index is 1.27. The molecule has 1 N–H and O–H groups in total. The van der Waals surface area contributed by atoms with Gasteiger partial charge in [0.25, 0.3) is 0 Å². The lowest BCUT2D eigenvalue weighted by Crippen LogP contribution is -2.37. The first-order valence-corrected chi connectivity index (χ1v) is 21.9. The number of halogens is 1. The molecule has 19 heteroatoms. The molecule has 0 atom stereocenters. The number of aryl methyl sites for hydroxylation is 4. The number of fused-ring (bicyclic) bond motifs is 2. The zero-order valence-electron chi connectivity index (χ0n) is 36.7. The molecule has 5 heterocycles. The van der Waals surface area contributed by atoms with E-state index in [4.69, 9.17) is 28.9 Å². The number of aromatic nitrogens is 7. The fraction of sp³-hybridized carbons (Fsp3) is 0.422. The number of carboxylic acid groups (broad SMARTS) is 1. The molecule has 64 heavy (non-hydrogen) atoms.